The van der Waals surface area contributed by atoms with Gasteiger partial charge in [-0.05, 0) is 38.0 Å². The summed E-state index contributed by atoms with van der Waals surface area (Å²) in [5.74, 6) is -3.57. The molecule has 13 nitrogen and oxygen atoms in total. The lowest BCUT2D eigenvalue weighted by Gasteiger charge is -2.26. The number of amides is 3. The summed E-state index contributed by atoms with van der Waals surface area (Å²) in [7, 11) is 0. The van der Waals surface area contributed by atoms with Crippen LogP contribution in [-0.2, 0) is 32.0 Å². The lowest BCUT2D eigenvalue weighted by atomic mass is 10.0. The van der Waals surface area contributed by atoms with Crippen LogP contribution in [0.4, 0.5) is 0 Å². The Morgan fingerprint density at radius 1 is 1.00 bits per heavy atom. The van der Waals surface area contributed by atoms with Gasteiger partial charge in [-0.2, -0.15) is 0 Å². The van der Waals surface area contributed by atoms with Crippen LogP contribution in [0, 0.1) is 0 Å². The minimum absolute atomic E-state index is 0.0246. The van der Waals surface area contributed by atoms with Gasteiger partial charge in [0.2, 0.25) is 17.7 Å². The Bertz CT molecular complexity index is 1010. The van der Waals surface area contributed by atoms with Gasteiger partial charge in [0, 0.05) is 18.3 Å². The van der Waals surface area contributed by atoms with Gasteiger partial charge in [-0.1, -0.05) is 12.1 Å². The van der Waals surface area contributed by atoms with E-state index in [0.29, 0.717) is 11.3 Å². The Kier molecular flexibility index (Phi) is 9.73. The Morgan fingerprint density at radius 2 is 1.66 bits per heavy atom. The number of rotatable bonds is 12. The van der Waals surface area contributed by atoms with Crippen molar-refractivity contribution < 1.29 is 34.5 Å². The van der Waals surface area contributed by atoms with Crippen molar-refractivity contribution in [3.63, 3.8) is 0 Å². The molecule has 2 rings (SSSR count). The fourth-order valence-electron chi connectivity index (χ4n) is 3.11. The molecule has 5 atom stereocenters. The number of hydrogen-bond acceptors (Lipinski definition) is 8. The highest BCUT2D eigenvalue weighted by Gasteiger charge is 2.32. The molecule has 0 fully saturated rings. The second-order valence-electron chi connectivity index (χ2n) is 8.11. The Balaban J connectivity index is 2.13. The molecular formula is C22H30N6O7. The van der Waals surface area contributed by atoms with Crippen LogP contribution in [0.5, 0.6) is 5.75 Å². The summed E-state index contributed by atoms with van der Waals surface area (Å²) in [6.45, 7) is 2.49. The number of carbonyl (C=O) groups is 4. The standard InChI is InChI=1S/C22H30N6O7/c1-11(22(34)35)26-21(33)18(12(2)29)28-20(32)17(8-14-9-24-10-25-14)27-19(31)16(23)7-13-3-5-15(30)6-4-13/h3-6,9-12,16-18,29-30H,7-8,23H2,1-2H3,(H,24,25)(H,26,33)(H,27,31)(H,28,32)(H,34,35). The summed E-state index contributed by atoms with van der Waals surface area (Å²) in [6, 6.07) is 1.20. The third-order valence-electron chi connectivity index (χ3n) is 5.13. The molecule has 13 heteroatoms. The van der Waals surface area contributed by atoms with Crippen LogP contribution in [-0.4, -0.2) is 79.2 Å². The molecule has 0 saturated carbocycles. The number of nitrogens with one attached hydrogen (secondary N) is 4. The number of imidazole rings is 1. The van der Waals surface area contributed by atoms with Gasteiger partial charge in [-0.25, -0.2) is 4.98 Å². The van der Waals surface area contributed by atoms with E-state index < -0.39 is 54.0 Å². The predicted molar refractivity (Wildman–Crippen MR) is 123 cm³/mol. The molecule has 190 valence electrons. The Hall–Kier alpha value is -3.97. The van der Waals surface area contributed by atoms with E-state index in [1.807, 2.05) is 0 Å². The van der Waals surface area contributed by atoms with Gasteiger partial charge in [-0.3, -0.25) is 19.2 Å². The quantitative estimate of drug-likeness (QED) is 0.167. The first kappa shape index (κ1) is 27.3. The number of phenols is 1. The van der Waals surface area contributed by atoms with Gasteiger partial charge < -0.3 is 42.0 Å². The summed E-state index contributed by atoms with van der Waals surface area (Å²) in [6.07, 6.45) is 1.60. The van der Waals surface area contributed by atoms with Crippen LogP contribution < -0.4 is 21.7 Å². The summed E-state index contributed by atoms with van der Waals surface area (Å²) in [4.78, 5) is 55.9. The molecule has 9 N–H and O–H groups in total. The number of carboxylic acid groups (broad SMARTS) is 1. The lowest BCUT2D eigenvalue weighted by Crippen LogP contribution is -2.60. The number of hydrogen-bond donors (Lipinski definition) is 8. The zero-order chi connectivity index (χ0) is 26.1. The number of aliphatic carboxylic acids is 1. The predicted octanol–water partition coefficient (Wildman–Crippen LogP) is -1.83. The molecule has 1 aromatic heterocycles. The highest BCUT2D eigenvalue weighted by molar-refractivity contribution is 5.94. The molecule has 0 radical (unpaired) electrons. The number of carbonyl (C=O) groups excluding carboxylic acids is 3. The number of nitrogens with two attached hydrogens (primary N) is 1. The SMILES string of the molecule is CC(NC(=O)C(NC(=O)C(Cc1cnc[nH]1)NC(=O)C(N)Cc1ccc(O)cc1)C(C)O)C(=O)O. The highest BCUT2D eigenvalue weighted by Crippen LogP contribution is 2.11. The van der Waals surface area contributed by atoms with E-state index in [1.165, 1.54) is 38.5 Å². The maximum atomic E-state index is 13.0. The van der Waals surface area contributed by atoms with Crippen LogP contribution in [0.2, 0.25) is 0 Å². The van der Waals surface area contributed by atoms with Crippen molar-refractivity contribution in [3.8, 4) is 5.75 Å². The van der Waals surface area contributed by atoms with Crippen LogP contribution in [0.15, 0.2) is 36.8 Å². The number of aliphatic hydroxyl groups excluding tert-OH is 1. The molecule has 0 bridgehead atoms. The molecule has 1 aromatic carbocycles. The van der Waals surface area contributed by atoms with E-state index in [9.17, 15) is 29.4 Å². The smallest absolute Gasteiger partial charge is 0.325 e. The molecule has 35 heavy (non-hydrogen) atoms. The average Bonchev–Trinajstić information content (AvgIpc) is 3.31. The van der Waals surface area contributed by atoms with Gasteiger partial charge in [-0.15, -0.1) is 0 Å². The number of aliphatic hydroxyl groups is 1. The third-order valence-corrected chi connectivity index (χ3v) is 5.13. The molecule has 0 spiro atoms. The van der Waals surface area contributed by atoms with Crippen molar-refractivity contribution >= 4 is 23.7 Å². The average molecular weight is 491 g/mol. The van der Waals surface area contributed by atoms with E-state index >= 15 is 0 Å². The normalized spacial score (nSPS) is 15.2. The van der Waals surface area contributed by atoms with E-state index in [4.69, 9.17) is 10.8 Å². The van der Waals surface area contributed by atoms with Crippen LogP contribution in [0.1, 0.15) is 25.1 Å². The number of nitrogens with zero attached hydrogens (tertiary/aromatic N) is 1. The fourth-order valence-corrected chi connectivity index (χ4v) is 3.11. The van der Waals surface area contributed by atoms with Gasteiger partial charge >= 0.3 is 5.97 Å². The van der Waals surface area contributed by atoms with Crippen LogP contribution in [0.3, 0.4) is 0 Å². The first-order valence-corrected chi connectivity index (χ1v) is 10.8. The van der Waals surface area contributed by atoms with E-state index in [2.05, 4.69) is 25.9 Å². The number of benzene rings is 1. The zero-order valence-electron chi connectivity index (χ0n) is 19.3. The summed E-state index contributed by atoms with van der Waals surface area (Å²) in [5.41, 5.74) is 7.21. The molecule has 2 aromatic rings. The number of aromatic amines is 1. The molecule has 0 aliphatic carbocycles. The molecule has 5 unspecified atom stereocenters. The molecule has 0 aliphatic heterocycles. The number of carboxylic acids is 1. The van der Waals surface area contributed by atoms with Crippen LogP contribution >= 0.6 is 0 Å². The van der Waals surface area contributed by atoms with Gasteiger partial charge in [0.1, 0.15) is 23.9 Å². The van der Waals surface area contributed by atoms with Gasteiger partial charge in [0.15, 0.2) is 0 Å². The molecular weight excluding hydrogens is 460 g/mol. The van der Waals surface area contributed by atoms with Gasteiger partial charge in [0.25, 0.3) is 0 Å². The topological polar surface area (TPSA) is 220 Å². The number of phenolic OH excluding ortho intramolecular Hbond substituents is 1. The molecule has 0 saturated heterocycles. The van der Waals surface area contributed by atoms with E-state index in [0.717, 1.165) is 0 Å². The largest absolute Gasteiger partial charge is 0.508 e. The fraction of sp³-hybridized carbons (Fsp3) is 0.409. The maximum Gasteiger partial charge on any atom is 0.325 e. The summed E-state index contributed by atoms with van der Waals surface area (Å²) < 4.78 is 0. The Morgan fingerprint density at radius 3 is 2.20 bits per heavy atom. The second kappa shape index (κ2) is 12.5. The molecule has 0 aliphatic rings. The minimum atomic E-state index is -1.48. The number of aromatic nitrogens is 2. The summed E-state index contributed by atoms with van der Waals surface area (Å²) >= 11 is 0. The first-order valence-electron chi connectivity index (χ1n) is 10.8. The second-order valence-corrected chi connectivity index (χ2v) is 8.11. The van der Waals surface area contributed by atoms with Crippen molar-refractivity contribution in [3.05, 3.63) is 48.0 Å². The van der Waals surface area contributed by atoms with Crippen molar-refractivity contribution in [2.45, 2.75) is 57.0 Å². The Labute approximate surface area is 201 Å². The lowest BCUT2D eigenvalue weighted by molar-refractivity contribution is -0.142. The number of aromatic hydroxyl groups is 1. The van der Waals surface area contributed by atoms with Crippen molar-refractivity contribution in [2.75, 3.05) is 0 Å². The number of H-pyrrole nitrogens is 1. The van der Waals surface area contributed by atoms with Crippen molar-refractivity contribution in [2.24, 2.45) is 5.73 Å². The van der Waals surface area contributed by atoms with Gasteiger partial charge in [0.05, 0.1) is 18.5 Å². The molecule has 3 amide bonds. The monoisotopic (exact) mass is 490 g/mol. The molecule has 1 heterocycles. The minimum Gasteiger partial charge on any atom is -0.508 e. The third kappa shape index (κ3) is 8.39. The van der Waals surface area contributed by atoms with Crippen molar-refractivity contribution in [1.29, 1.82) is 0 Å². The maximum absolute atomic E-state index is 13.0. The van der Waals surface area contributed by atoms with Crippen molar-refractivity contribution in [1.82, 2.24) is 25.9 Å². The first-order chi connectivity index (χ1) is 16.5. The van der Waals surface area contributed by atoms with E-state index in [-0.39, 0.29) is 18.6 Å². The van der Waals surface area contributed by atoms with Crippen LogP contribution in [0.25, 0.3) is 0 Å². The summed E-state index contributed by atoms with van der Waals surface area (Å²) in [5, 5.41) is 35.5. The zero-order valence-corrected chi connectivity index (χ0v) is 19.3. The van der Waals surface area contributed by atoms with E-state index in [1.54, 1.807) is 12.1 Å². The highest BCUT2D eigenvalue weighted by atomic mass is 16.4.